The van der Waals surface area contributed by atoms with Crippen molar-refractivity contribution in [1.29, 1.82) is 0 Å². The first kappa shape index (κ1) is 25.5. The van der Waals surface area contributed by atoms with E-state index < -0.39 is 17.8 Å². The van der Waals surface area contributed by atoms with Crippen molar-refractivity contribution in [2.75, 3.05) is 37.7 Å². The highest BCUT2D eigenvalue weighted by Gasteiger charge is 2.53. The average molecular weight is 571 g/mol. The molecule has 6 atom stereocenters. The molecule has 214 valence electrons. The van der Waals surface area contributed by atoms with Crippen LogP contribution in [0.2, 0.25) is 5.02 Å². The molecule has 6 aliphatic rings. The molecule has 2 unspecified atom stereocenters. The Balaban J connectivity index is 1.18. The maximum Gasteiger partial charge on any atom is 0.318 e. The zero-order valence-corrected chi connectivity index (χ0v) is 23.6. The van der Waals surface area contributed by atoms with E-state index in [0.717, 1.165) is 55.0 Å². The number of hydrogen-bond donors (Lipinski definition) is 1. The van der Waals surface area contributed by atoms with Crippen molar-refractivity contribution < 1.29 is 18.6 Å². The highest BCUT2D eigenvalue weighted by molar-refractivity contribution is 6.31. The minimum atomic E-state index is -1.36. The maximum absolute atomic E-state index is 17.0. The molecule has 3 saturated heterocycles. The summed E-state index contributed by atoms with van der Waals surface area (Å²) in [4.78, 5) is 14.3. The van der Waals surface area contributed by atoms with Crippen LogP contribution in [-0.4, -0.2) is 64.5 Å². The third-order valence-electron chi connectivity index (χ3n) is 11.2. The summed E-state index contributed by atoms with van der Waals surface area (Å²) in [7, 11) is 0. The van der Waals surface area contributed by atoms with Crippen LogP contribution >= 0.6 is 11.6 Å². The number of hydrogen-bond acceptors (Lipinski definition) is 6. The Labute approximate surface area is 239 Å². The first-order valence-corrected chi connectivity index (χ1v) is 15.5. The SMILES string of the molecule is Oc1cc(Cl)c2c(c1)[C@]1(CC2)CCc2c(nc(OC[C@@]34CCCN3C[C@H](F)C4)nc2N2CC3CCC(C3)C2)[C@H]1F. The van der Waals surface area contributed by atoms with Crippen molar-refractivity contribution in [3.63, 3.8) is 0 Å². The lowest BCUT2D eigenvalue weighted by atomic mass is 9.68. The second-order valence-electron chi connectivity index (χ2n) is 13.5. The number of rotatable bonds is 4. The monoisotopic (exact) mass is 570 g/mol. The van der Waals surface area contributed by atoms with Gasteiger partial charge in [0.25, 0.3) is 0 Å². The Morgan fingerprint density at radius 3 is 2.60 bits per heavy atom. The minimum Gasteiger partial charge on any atom is -0.508 e. The molecule has 2 aromatic rings. The molecule has 1 aromatic carbocycles. The van der Waals surface area contributed by atoms with Gasteiger partial charge >= 0.3 is 6.01 Å². The summed E-state index contributed by atoms with van der Waals surface area (Å²) in [6.45, 7) is 3.55. The number of aromatic nitrogens is 2. The van der Waals surface area contributed by atoms with Crippen LogP contribution in [0.15, 0.2) is 12.1 Å². The van der Waals surface area contributed by atoms with Crippen molar-refractivity contribution >= 4 is 17.4 Å². The highest BCUT2D eigenvalue weighted by atomic mass is 35.5. The molecule has 8 rings (SSSR count). The molecule has 3 aliphatic heterocycles. The molecule has 3 aliphatic carbocycles. The lowest BCUT2D eigenvalue weighted by Gasteiger charge is -2.41. The molecule has 9 heteroatoms. The van der Waals surface area contributed by atoms with E-state index in [-0.39, 0.29) is 17.3 Å². The van der Waals surface area contributed by atoms with Gasteiger partial charge in [-0.1, -0.05) is 11.6 Å². The minimum absolute atomic E-state index is 0.0716. The van der Waals surface area contributed by atoms with Crippen LogP contribution in [-0.2, 0) is 18.3 Å². The van der Waals surface area contributed by atoms with Gasteiger partial charge in [-0.15, -0.1) is 0 Å². The van der Waals surface area contributed by atoms with Gasteiger partial charge in [-0.3, -0.25) is 4.90 Å². The quantitative estimate of drug-likeness (QED) is 0.496. The van der Waals surface area contributed by atoms with E-state index in [4.69, 9.17) is 26.3 Å². The Morgan fingerprint density at radius 1 is 1.02 bits per heavy atom. The fraction of sp³-hybridized carbons (Fsp3) is 0.677. The smallest absolute Gasteiger partial charge is 0.318 e. The third-order valence-corrected chi connectivity index (χ3v) is 11.6. The lowest BCUT2D eigenvalue weighted by Crippen LogP contribution is -2.44. The van der Waals surface area contributed by atoms with E-state index >= 15 is 4.39 Å². The third kappa shape index (κ3) is 3.80. The topological polar surface area (TPSA) is 61.7 Å². The van der Waals surface area contributed by atoms with E-state index in [0.29, 0.717) is 67.8 Å². The van der Waals surface area contributed by atoms with E-state index in [1.54, 1.807) is 12.1 Å². The van der Waals surface area contributed by atoms with Crippen LogP contribution in [0.4, 0.5) is 14.6 Å². The number of alkyl halides is 2. The Kier molecular flexibility index (Phi) is 5.84. The molecule has 1 aromatic heterocycles. The fourth-order valence-electron chi connectivity index (χ4n) is 9.34. The number of phenols is 1. The van der Waals surface area contributed by atoms with Gasteiger partial charge in [0.15, 0.2) is 6.17 Å². The molecule has 0 amide bonds. The van der Waals surface area contributed by atoms with Gasteiger partial charge in [-0.25, -0.2) is 8.78 Å². The normalized spacial score (nSPS) is 36.2. The summed E-state index contributed by atoms with van der Waals surface area (Å²) in [5, 5.41) is 10.9. The average Bonchev–Trinajstić information content (AvgIpc) is 3.66. The van der Waals surface area contributed by atoms with Gasteiger partial charge in [0.05, 0.1) is 11.2 Å². The zero-order chi connectivity index (χ0) is 27.2. The van der Waals surface area contributed by atoms with Gasteiger partial charge in [0.2, 0.25) is 0 Å². The number of aromatic hydroxyl groups is 1. The Bertz CT molecular complexity index is 1350. The van der Waals surface area contributed by atoms with Crippen LogP contribution in [0.5, 0.6) is 11.8 Å². The zero-order valence-electron chi connectivity index (χ0n) is 22.8. The summed E-state index contributed by atoms with van der Waals surface area (Å²) >= 11 is 6.50. The summed E-state index contributed by atoms with van der Waals surface area (Å²) in [5.41, 5.74) is 1.98. The first-order valence-electron chi connectivity index (χ1n) is 15.2. The molecule has 1 spiro atoms. The summed E-state index contributed by atoms with van der Waals surface area (Å²) in [6, 6.07) is 3.47. The molecule has 1 saturated carbocycles. The second kappa shape index (κ2) is 9.15. The molecule has 6 nitrogen and oxygen atoms in total. The van der Waals surface area contributed by atoms with Gasteiger partial charge in [-0.2, -0.15) is 9.97 Å². The van der Waals surface area contributed by atoms with Crippen LogP contribution in [0.3, 0.4) is 0 Å². The summed E-state index contributed by atoms with van der Waals surface area (Å²) < 4.78 is 37.8. The lowest BCUT2D eigenvalue weighted by molar-refractivity contribution is 0.105. The number of anilines is 1. The molecule has 4 heterocycles. The van der Waals surface area contributed by atoms with Crippen LogP contribution in [0.1, 0.15) is 79.9 Å². The molecule has 2 bridgehead atoms. The summed E-state index contributed by atoms with van der Waals surface area (Å²) in [5.74, 6) is 2.21. The largest absolute Gasteiger partial charge is 0.508 e. The predicted octanol–water partition coefficient (Wildman–Crippen LogP) is 5.87. The standard InChI is InChI=1S/C31H37ClF2N4O2/c32-25-12-21(39)11-24-22(25)4-7-31(24)8-5-23-26(27(31)34)35-29(36-28(23)37-14-18-2-3-19(10-18)15-37)40-17-30-6-1-9-38(30)16-20(33)13-30/h11-12,18-20,27,39H,1-10,13-17H2/t18?,19?,20-,27-,30+,31+/m1/s1. The van der Waals surface area contributed by atoms with Crippen molar-refractivity contribution in [3.05, 3.63) is 39.5 Å². The molecule has 4 fully saturated rings. The Morgan fingerprint density at radius 2 is 1.80 bits per heavy atom. The van der Waals surface area contributed by atoms with Crippen molar-refractivity contribution in [1.82, 2.24) is 14.9 Å². The molecule has 0 radical (unpaired) electrons. The first-order chi connectivity index (χ1) is 19.3. The summed E-state index contributed by atoms with van der Waals surface area (Å²) in [6.07, 6.45) is 6.58. The van der Waals surface area contributed by atoms with E-state index in [1.807, 2.05) is 0 Å². The van der Waals surface area contributed by atoms with Gasteiger partial charge in [0.1, 0.15) is 24.3 Å². The number of ether oxygens (including phenoxy) is 1. The van der Waals surface area contributed by atoms with Gasteiger partial charge in [0, 0.05) is 42.1 Å². The van der Waals surface area contributed by atoms with Gasteiger partial charge in [-0.05, 0) is 99.4 Å². The number of nitrogens with zero attached hydrogens (tertiary/aromatic N) is 4. The van der Waals surface area contributed by atoms with Crippen molar-refractivity contribution in [2.24, 2.45) is 11.8 Å². The number of fused-ring (bicyclic) bond motifs is 6. The number of piperidine rings is 1. The molecule has 1 N–H and O–H groups in total. The molecular weight excluding hydrogens is 534 g/mol. The van der Waals surface area contributed by atoms with Crippen LogP contribution in [0.25, 0.3) is 0 Å². The number of phenolic OH excluding ortho intramolecular Hbond substituents is 1. The van der Waals surface area contributed by atoms with Crippen LogP contribution < -0.4 is 9.64 Å². The van der Waals surface area contributed by atoms with E-state index in [1.165, 1.54) is 19.3 Å². The Hall–Kier alpha value is -2.19. The van der Waals surface area contributed by atoms with E-state index in [2.05, 4.69) is 9.80 Å². The molecular formula is C31H37ClF2N4O2. The second-order valence-corrected chi connectivity index (χ2v) is 13.9. The number of benzene rings is 1. The van der Waals surface area contributed by atoms with Crippen molar-refractivity contribution in [3.8, 4) is 11.8 Å². The van der Waals surface area contributed by atoms with E-state index in [9.17, 15) is 9.50 Å². The van der Waals surface area contributed by atoms with Crippen LogP contribution in [0, 0.1) is 11.8 Å². The highest BCUT2D eigenvalue weighted by Crippen LogP contribution is 2.58. The molecule has 40 heavy (non-hydrogen) atoms. The predicted molar refractivity (Wildman–Crippen MR) is 149 cm³/mol. The van der Waals surface area contributed by atoms with Crippen molar-refractivity contribution in [2.45, 2.75) is 87.5 Å². The van der Waals surface area contributed by atoms with Gasteiger partial charge < -0.3 is 14.7 Å². The fourth-order valence-corrected chi connectivity index (χ4v) is 9.64. The maximum atomic E-state index is 17.0. The number of halogens is 3.